The molecule has 2 fully saturated rings. The molecule has 1 heterocycles. The number of aromatic hydroxyl groups is 1. The van der Waals surface area contributed by atoms with Crippen LogP contribution in [0, 0.1) is 24.5 Å². The van der Waals surface area contributed by atoms with Crippen molar-refractivity contribution in [2.45, 2.75) is 77.4 Å². The first-order valence-electron chi connectivity index (χ1n) is 10.4. The maximum absolute atomic E-state index is 13.8. The van der Waals surface area contributed by atoms with Crippen LogP contribution in [0.5, 0.6) is 5.75 Å². The number of hydrogen-bond acceptors (Lipinski definition) is 3. The first-order valence-corrected chi connectivity index (χ1v) is 10.4. The molecule has 1 aromatic rings. The molecule has 3 rings (SSSR count). The smallest absolute Gasteiger partial charge is 0.200 e. The van der Waals surface area contributed by atoms with Gasteiger partial charge >= 0.3 is 0 Å². The standard InChI is InChI=1S/C22H33F2NO2/c1-4-27-18-5-9-22(3,10-6-18)25-11-7-16(8-12-25)14-17-13-15(2)19(23)20(24)21(17)26/h13,16,18,26H,4-12,14H2,1-3H3. The summed E-state index contributed by atoms with van der Waals surface area (Å²) in [6.45, 7) is 8.84. The highest BCUT2D eigenvalue weighted by atomic mass is 19.2. The fourth-order valence-electron chi connectivity index (χ4n) is 4.89. The van der Waals surface area contributed by atoms with Crippen LogP contribution in [0.25, 0.3) is 0 Å². The van der Waals surface area contributed by atoms with Gasteiger partial charge in [-0.25, -0.2) is 4.39 Å². The Morgan fingerprint density at radius 2 is 1.78 bits per heavy atom. The summed E-state index contributed by atoms with van der Waals surface area (Å²) in [4.78, 5) is 2.61. The summed E-state index contributed by atoms with van der Waals surface area (Å²) in [6.07, 6.45) is 7.69. The van der Waals surface area contributed by atoms with Crippen LogP contribution >= 0.6 is 0 Å². The lowest BCUT2D eigenvalue weighted by atomic mass is 9.78. The number of nitrogens with zero attached hydrogens (tertiary/aromatic N) is 1. The van der Waals surface area contributed by atoms with Crippen molar-refractivity contribution in [3.05, 3.63) is 28.8 Å². The second-order valence-corrected chi connectivity index (χ2v) is 8.62. The molecule has 0 aromatic heterocycles. The molecule has 1 saturated heterocycles. The minimum Gasteiger partial charge on any atom is -0.505 e. The maximum Gasteiger partial charge on any atom is 0.200 e. The molecule has 1 aliphatic heterocycles. The molecule has 5 heteroatoms. The van der Waals surface area contributed by atoms with Crippen LogP contribution in [-0.2, 0) is 11.2 Å². The van der Waals surface area contributed by atoms with E-state index in [1.807, 2.05) is 0 Å². The summed E-state index contributed by atoms with van der Waals surface area (Å²) in [5.41, 5.74) is 1.05. The van der Waals surface area contributed by atoms with Gasteiger partial charge in [0.15, 0.2) is 11.6 Å². The number of aryl methyl sites for hydroxylation is 1. The molecule has 0 bridgehead atoms. The Morgan fingerprint density at radius 1 is 1.15 bits per heavy atom. The molecule has 1 aromatic carbocycles. The van der Waals surface area contributed by atoms with Crippen molar-refractivity contribution in [3.63, 3.8) is 0 Å². The number of hydrogen-bond donors (Lipinski definition) is 1. The van der Waals surface area contributed by atoms with Gasteiger partial charge in [0.1, 0.15) is 0 Å². The minimum absolute atomic E-state index is 0.249. The summed E-state index contributed by atoms with van der Waals surface area (Å²) < 4.78 is 33.2. The molecule has 152 valence electrons. The third kappa shape index (κ3) is 4.45. The second-order valence-electron chi connectivity index (χ2n) is 8.62. The van der Waals surface area contributed by atoms with E-state index in [2.05, 4.69) is 18.7 Å². The minimum atomic E-state index is -1.11. The third-order valence-corrected chi connectivity index (χ3v) is 6.74. The van der Waals surface area contributed by atoms with Gasteiger partial charge in [0.2, 0.25) is 5.82 Å². The van der Waals surface area contributed by atoms with Gasteiger partial charge in [-0.1, -0.05) is 0 Å². The van der Waals surface area contributed by atoms with E-state index < -0.39 is 17.4 Å². The van der Waals surface area contributed by atoms with Gasteiger partial charge in [-0.2, -0.15) is 4.39 Å². The number of phenolic OH excluding ortho intramolecular Hbond substituents is 1. The Morgan fingerprint density at radius 3 is 2.37 bits per heavy atom. The van der Waals surface area contributed by atoms with Crippen molar-refractivity contribution in [1.29, 1.82) is 0 Å². The Hall–Kier alpha value is -1.20. The molecule has 0 spiro atoms. The molecule has 1 N–H and O–H groups in total. The average molecular weight is 382 g/mol. The largest absolute Gasteiger partial charge is 0.505 e. The van der Waals surface area contributed by atoms with Crippen LogP contribution in [0.1, 0.15) is 63.5 Å². The number of phenols is 1. The van der Waals surface area contributed by atoms with Crippen LogP contribution in [-0.4, -0.2) is 41.3 Å². The van der Waals surface area contributed by atoms with E-state index in [0.717, 1.165) is 45.4 Å². The highest BCUT2D eigenvalue weighted by Crippen LogP contribution is 2.38. The molecule has 27 heavy (non-hydrogen) atoms. The van der Waals surface area contributed by atoms with Gasteiger partial charge in [-0.05, 0) is 102 Å². The maximum atomic E-state index is 13.8. The van der Waals surface area contributed by atoms with Crippen molar-refractivity contribution in [1.82, 2.24) is 4.90 Å². The first-order chi connectivity index (χ1) is 12.8. The lowest BCUT2D eigenvalue weighted by Gasteiger charge is -2.48. The molecule has 1 aliphatic carbocycles. The summed E-state index contributed by atoms with van der Waals surface area (Å²) in [7, 11) is 0. The van der Waals surface area contributed by atoms with Gasteiger partial charge in [-0.3, -0.25) is 4.90 Å². The fraction of sp³-hybridized carbons (Fsp3) is 0.727. The molecular weight excluding hydrogens is 348 g/mol. The van der Waals surface area contributed by atoms with Crippen LogP contribution in [0.2, 0.25) is 0 Å². The van der Waals surface area contributed by atoms with E-state index in [9.17, 15) is 13.9 Å². The number of ether oxygens (including phenoxy) is 1. The Balaban J connectivity index is 1.55. The summed E-state index contributed by atoms with van der Waals surface area (Å²) in [5, 5.41) is 9.96. The molecule has 1 saturated carbocycles. The van der Waals surface area contributed by atoms with Crippen molar-refractivity contribution < 1.29 is 18.6 Å². The number of benzene rings is 1. The zero-order chi connectivity index (χ0) is 19.6. The predicted octanol–water partition coefficient (Wildman–Crippen LogP) is 4.97. The molecule has 0 unspecified atom stereocenters. The predicted molar refractivity (Wildman–Crippen MR) is 103 cm³/mol. The van der Waals surface area contributed by atoms with Gasteiger partial charge in [0.25, 0.3) is 0 Å². The van der Waals surface area contributed by atoms with Crippen molar-refractivity contribution in [3.8, 4) is 5.75 Å². The van der Waals surface area contributed by atoms with Crippen LogP contribution in [0.4, 0.5) is 8.78 Å². The molecule has 0 radical (unpaired) electrons. The van der Waals surface area contributed by atoms with Gasteiger partial charge in [-0.15, -0.1) is 0 Å². The summed E-state index contributed by atoms with van der Waals surface area (Å²) >= 11 is 0. The first kappa shape index (κ1) is 20.5. The summed E-state index contributed by atoms with van der Waals surface area (Å²) in [6, 6.07) is 1.59. The molecule has 3 nitrogen and oxygen atoms in total. The molecule has 2 aliphatic rings. The lowest BCUT2D eigenvalue weighted by Crippen LogP contribution is -2.52. The van der Waals surface area contributed by atoms with Crippen molar-refractivity contribution >= 4 is 0 Å². The molecular formula is C22H33F2NO2. The molecule has 0 atom stereocenters. The monoisotopic (exact) mass is 381 g/mol. The van der Waals surface area contributed by atoms with E-state index in [1.165, 1.54) is 12.8 Å². The van der Waals surface area contributed by atoms with Crippen molar-refractivity contribution in [2.24, 2.45) is 5.92 Å². The lowest BCUT2D eigenvalue weighted by molar-refractivity contribution is -0.0280. The van der Waals surface area contributed by atoms with E-state index in [4.69, 9.17) is 4.74 Å². The Bertz CT molecular complexity index is 648. The SMILES string of the molecule is CCOC1CCC(C)(N2CCC(Cc3cc(C)c(F)c(F)c3O)CC2)CC1. The van der Waals surface area contributed by atoms with Gasteiger partial charge in [0.05, 0.1) is 6.10 Å². The van der Waals surface area contributed by atoms with Gasteiger partial charge in [0, 0.05) is 12.1 Å². The van der Waals surface area contributed by atoms with Crippen LogP contribution in [0.3, 0.4) is 0 Å². The summed E-state index contributed by atoms with van der Waals surface area (Å²) in [5.74, 6) is -2.16. The van der Waals surface area contributed by atoms with E-state index in [0.29, 0.717) is 24.0 Å². The third-order valence-electron chi connectivity index (χ3n) is 6.74. The normalized spacial score (nSPS) is 27.8. The quantitative estimate of drug-likeness (QED) is 0.781. The van der Waals surface area contributed by atoms with Crippen LogP contribution in [0.15, 0.2) is 6.07 Å². The fourth-order valence-corrected chi connectivity index (χ4v) is 4.89. The van der Waals surface area contributed by atoms with E-state index in [-0.39, 0.29) is 11.1 Å². The number of rotatable bonds is 5. The zero-order valence-corrected chi connectivity index (χ0v) is 16.9. The Labute approximate surface area is 161 Å². The number of halogens is 2. The zero-order valence-electron chi connectivity index (χ0n) is 16.9. The van der Waals surface area contributed by atoms with E-state index >= 15 is 0 Å². The number of piperidine rings is 1. The van der Waals surface area contributed by atoms with Gasteiger partial charge < -0.3 is 9.84 Å². The highest BCUT2D eigenvalue weighted by molar-refractivity contribution is 5.38. The van der Waals surface area contributed by atoms with E-state index in [1.54, 1.807) is 13.0 Å². The topological polar surface area (TPSA) is 32.7 Å². The van der Waals surface area contributed by atoms with Crippen molar-refractivity contribution in [2.75, 3.05) is 19.7 Å². The number of likely N-dealkylation sites (tertiary alicyclic amines) is 1. The van der Waals surface area contributed by atoms with Crippen LogP contribution < -0.4 is 0 Å². The Kier molecular flexibility index (Phi) is 6.42. The highest BCUT2D eigenvalue weighted by Gasteiger charge is 2.38. The molecule has 0 amide bonds. The second kappa shape index (κ2) is 8.44. The average Bonchev–Trinajstić information content (AvgIpc) is 2.67.